The number of carbonyl (C=O) groups is 1. The standard InChI is InChI=1S/C33H57NO27/c1-52-9(3-35)16(41)25-14(34)8(54-30-22(47)26(17(42)11(5-37)56-30)59-29-21(46)15(40)10(4-36)55-29)2-33(60-25,32(50)51)61-27-18(43)12(6-38)57-31(23(27)48)58-24-13(7-39)53-28(49)20(45)19(24)44/h8-31,35-49H,2-7,34H2,1H3,(H,50,51)/t8-,9+,10-,11+,12+,13+,14+,15-,16+,17-,18-,19+,20+,21+,22+,23+,24+,25+,26-,27-,28?,29-,30+,31-,33-/m0/s1. The zero-order valence-corrected chi connectivity index (χ0v) is 32.3. The Balaban J connectivity index is 1.47. The summed E-state index contributed by atoms with van der Waals surface area (Å²) in [5.74, 6) is -5.22. The minimum Gasteiger partial charge on any atom is -0.477 e. The van der Waals surface area contributed by atoms with E-state index in [1.807, 2.05) is 0 Å². The minimum absolute atomic E-state index is 0.765. The van der Waals surface area contributed by atoms with Crippen molar-refractivity contribution in [2.24, 2.45) is 5.73 Å². The monoisotopic (exact) mass is 899 g/mol. The Morgan fingerprint density at radius 1 is 0.639 bits per heavy atom. The number of hydrogen-bond donors (Lipinski definition) is 17. The predicted molar refractivity (Wildman–Crippen MR) is 184 cm³/mol. The van der Waals surface area contributed by atoms with Gasteiger partial charge in [0, 0.05) is 13.5 Å². The number of hydrogen-bond acceptors (Lipinski definition) is 27. The van der Waals surface area contributed by atoms with E-state index in [-0.39, 0.29) is 0 Å². The number of ether oxygens (including phenoxy) is 10. The molecule has 0 spiro atoms. The molecule has 5 fully saturated rings. The van der Waals surface area contributed by atoms with Crippen LogP contribution in [0, 0.1) is 0 Å². The van der Waals surface area contributed by atoms with Gasteiger partial charge < -0.3 is 135 Å². The van der Waals surface area contributed by atoms with Crippen molar-refractivity contribution >= 4 is 5.97 Å². The maximum absolute atomic E-state index is 13.3. The van der Waals surface area contributed by atoms with Crippen LogP contribution in [-0.4, -0.2) is 281 Å². The maximum Gasteiger partial charge on any atom is 0.364 e. The van der Waals surface area contributed by atoms with Gasteiger partial charge in [0.2, 0.25) is 0 Å². The molecule has 0 saturated carbocycles. The lowest BCUT2D eigenvalue weighted by Crippen LogP contribution is -2.71. The molecule has 5 saturated heterocycles. The first-order valence-electron chi connectivity index (χ1n) is 19.1. The molecule has 0 radical (unpaired) electrons. The second-order valence-electron chi connectivity index (χ2n) is 15.2. The van der Waals surface area contributed by atoms with Gasteiger partial charge >= 0.3 is 5.97 Å². The van der Waals surface area contributed by atoms with E-state index in [1.54, 1.807) is 0 Å². The van der Waals surface area contributed by atoms with Crippen LogP contribution in [0.2, 0.25) is 0 Å². The van der Waals surface area contributed by atoms with E-state index < -0.39 is 198 Å². The molecule has 0 aromatic rings. The summed E-state index contributed by atoms with van der Waals surface area (Å²) in [5.41, 5.74) is 6.46. The fourth-order valence-electron chi connectivity index (χ4n) is 7.74. The second-order valence-corrected chi connectivity index (χ2v) is 15.2. The van der Waals surface area contributed by atoms with Crippen LogP contribution in [0.15, 0.2) is 0 Å². The average Bonchev–Trinajstić information content (AvgIpc) is 3.51. The van der Waals surface area contributed by atoms with Crippen LogP contribution >= 0.6 is 0 Å². The number of aliphatic hydroxyl groups excluding tert-OH is 15. The summed E-state index contributed by atoms with van der Waals surface area (Å²) in [6, 6.07) is -1.68. The van der Waals surface area contributed by atoms with Crippen molar-refractivity contribution in [2.45, 2.75) is 159 Å². The van der Waals surface area contributed by atoms with E-state index in [0.717, 1.165) is 7.11 Å². The van der Waals surface area contributed by atoms with Gasteiger partial charge in [-0.1, -0.05) is 0 Å². The normalized spacial score (nSPS) is 49.4. The molecule has 5 rings (SSSR count). The van der Waals surface area contributed by atoms with Gasteiger partial charge in [-0.05, 0) is 0 Å². The average molecular weight is 900 g/mol. The van der Waals surface area contributed by atoms with Crippen molar-refractivity contribution in [1.82, 2.24) is 0 Å². The lowest BCUT2D eigenvalue weighted by Gasteiger charge is -2.51. The summed E-state index contributed by atoms with van der Waals surface area (Å²) in [7, 11) is 1.06. The van der Waals surface area contributed by atoms with E-state index in [1.165, 1.54) is 0 Å². The molecule has 0 aliphatic carbocycles. The molecule has 5 aliphatic heterocycles. The number of methoxy groups -OCH3 is 1. The summed E-state index contributed by atoms with van der Waals surface area (Å²) in [5, 5.41) is 168. The van der Waals surface area contributed by atoms with Gasteiger partial charge in [0.1, 0.15) is 110 Å². The van der Waals surface area contributed by atoms with Crippen molar-refractivity contribution in [3.05, 3.63) is 0 Å². The Bertz CT molecular complexity index is 1390. The Morgan fingerprint density at radius 2 is 1.13 bits per heavy atom. The van der Waals surface area contributed by atoms with Crippen LogP contribution in [0.4, 0.5) is 0 Å². The van der Waals surface area contributed by atoms with Crippen LogP contribution in [-0.2, 0) is 52.2 Å². The fraction of sp³-hybridized carbons (Fsp3) is 0.970. The Kier molecular flexibility index (Phi) is 17.5. The van der Waals surface area contributed by atoms with E-state index in [4.69, 9.17) is 53.1 Å². The molecule has 356 valence electrons. The van der Waals surface area contributed by atoms with E-state index in [2.05, 4.69) is 0 Å². The van der Waals surface area contributed by atoms with Gasteiger partial charge in [0.25, 0.3) is 5.79 Å². The van der Waals surface area contributed by atoms with Crippen molar-refractivity contribution in [2.75, 3.05) is 40.1 Å². The smallest absolute Gasteiger partial charge is 0.364 e. The van der Waals surface area contributed by atoms with Gasteiger partial charge in [-0.2, -0.15) is 0 Å². The van der Waals surface area contributed by atoms with Crippen molar-refractivity contribution < 1.29 is 134 Å². The third-order valence-electron chi connectivity index (χ3n) is 11.3. The largest absolute Gasteiger partial charge is 0.477 e. The lowest BCUT2D eigenvalue weighted by molar-refractivity contribution is -0.392. The molecule has 5 aliphatic rings. The summed E-state index contributed by atoms with van der Waals surface area (Å²) in [6.45, 7) is -4.60. The SMILES string of the molecule is CO[C@H](CO)[C@@H](O)[C@@H]1O[C@@](O[C@H]2[C@@H](O)[C@@H](CO)O[C@@H](O[C@H]3[C@H](O)[C@@H](O)C(O)O[C@@H]3CO)[C@@H]2O)(C(=O)O)C[C@H](O[C@@H]2O[C@H](CO)[C@H](O)[C@H](O[C@@H]3O[C@@H](CO)[C@H](O)[C@H]3O)[C@H]2O)[C@H]1N. The Labute approximate surface area is 345 Å². The van der Waals surface area contributed by atoms with Gasteiger partial charge in [0.05, 0.1) is 45.2 Å². The molecule has 28 heteroatoms. The molecule has 25 atom stereocenters. The molecule has 61 heavy (non-hydrogen) atoms. The highest BCUT2D eigenvalue weighted by Gasteiger charge is 2.61. The third kappa shape index (κ3) is 10.1. The molecule has 0 aromatic heterocycles. The highest BCUT2D eigenvalue weighted by molar-refractivity contribution is 5.76. The zero-order valence-electron chi connectivity index (χ0n) is 32.3. The van der Waals surface area contributed by atoms with Gasteiger partial charge in [-0.25, -0.2) is 4.79 Å². The molecule has 0 aromatic carbocycles. The lowest BCUT2D eigenvalue weighted by atomic mass is 9.88. The highest BCUT2D eigenvalue weighted by Crippen LogP contribution is 2.40. The number of aliphatic hydroxyl groups is 15. The molecule has 18 N–H and O–H groups in total. The van der Waals surface area contributed by atoms with Gasteiger partial charge in [-0.3, -0.25) is 0 Å². The van der Waals surface area contributed by atoms with Crippen LogP contribution in [0.1, 0.15) is 6.42 Å². The molecule has 0 bridgehead atoms. The summed E-state index contributed by atoms with van der Waals surface area (Å²) < 4.78 is 55.2. The number of carboxylic acids is 1. The Hall–Kier alpha value is -1.57. The zero-order chi connectivity index (χ0) is 45.2. The second kappa shape index (κ2) is 21.2. The minimum atomic E-state index is -3.18. The van der Waals surface area contributed by atoms with Gasteiger partial charge in [0.15, 0.2) is 25.2 Å². The van der Waals surface area contributed by atoms with E-state index >= 15 is 0 Å². The van der Waals surface area contributed by atoms with Crippen LogP contribution in [0.3, 0.4) is 0 Å². The predicted octanol–water partition coefficient (Wildman–Crippen LogP) is -11.5. The quantitative estimate of drug-likeness (QED) is 0.0644. The van der Waals surface area contributed by atoms with Gasteiger partial charge in [-0.15, -0.1) is 0 Å². The first-order chi connectivity index (χ1) is 28.8. The van der Waals surface area contributed by atoms with Crippen molar-refractivity contribution in [1.29, 1.82) is 0 Å². The summed E-state index contributed by atoms with van der Waals surface area (Å²) >= 11 is 0. The number of aliphatic carboxylic acids is 1. The molecule has 1 unspecified atom stereocenters. The molecular weight excluding hydrogens is 842 g/mol. The fourth-order valence-corrected chi connectivity index (χ4v) is 7.74. The van der Waals surface area contributed by atoms with Crippen molar-refractivity contribution in [3.63, 3.8) is 0 Å². The molecular formula is C33H57NO27. The topological polar surface area (TPSA) is 459 Å². The first-order valence-corrected chi connectivity index (χ1v) is 19.1. The molecule has 0 amide bonds. The summed E-state index contributed by atoms with van der Waals surface area (Å²) in [6.07, 6.45) is -44.5. The maximum atomic E-state index is 13.3. The van der Waals surface area contributed by atoms with Crippen molar-refractivity contribution in [3.8, 4) is 0 Å². The van der Waals surface area contributed by atoms with Crippen LogP contribution in [0.5, 0.6) is 0 Å². The highest BCUT2D eigenvalue weighted by atomic mass is 16.8. The first kappa shape index (κ1) is 50.4. The third-order valence-corrected chi connectivity index (χ3v) is 11.3. The number of nitrogens with two attached hydrogens (primary N) is 1. The molecule has 5 heterocycles. The van der Waals surface area contributed by atoms with E-state index in [0.29, 0.717) is 0 Å². The summed E-state index contributed by atoms with van der Waals surface area (Å²) in [4.78, 5) is 13.3. The Morgan fingerprint density at radius 3 is 1.64 bits per heavy atom. The molecule has 28 nitrogen and oxygen atoms in total. The number of carboxylic acid groups (broad SMARTS) is 1. The van der Waals surface area contributed by atoms with Crippen LogP contribution < -0.4 is 5.73 Å². The van der Waals surface area contributed by atoms with Crippen LogP contribution in [0.25, 0.3) is 0 Å². The number of rotatable bonds is 17. The van der Waals surface area contributed by atoms with E-state index in [9.17, 15) is 86.5 Å².